The molecule has 0 aliphatic heterocycles. The van der Waals surface area contributed by atoms with Gasteiger partial charge in [-0.05, 0) is 38.5 Å². The van der Waals surface area contributed by atoms with Gasteiger partial charge in [0, 0.05) is 25.2 Å². The molecular formula is C20H26N6O3. The first kappa shape index (κ1) is 20.4. The van der Waals surface area contributed by atoms with E-state index in [0.717, 1.165) is 28.8 Å². The van der Waals surface area contributed by atoms with Crippen LogP contribution >= 0.6 is 0 Å². The number of imidazole rings is 1. The number of fused-ring (bicyclic) bond motifs is 1. The number of carbonyl (C=O) groups excluding carboxylic acids is 2. The number of aryl methyl sites for hydroxylation is 4. The molecule has 154 valence electrons. The Morgan fingerprint density at radius 3 is 2.21 bits per heavy atom. The van der Waals surface area contributed by atoms with Gasteiger partial charge < -0.3 is 0 Å². The van der Waals surface area contributed by atoms with Gasteiger partial charge in [-0.1, -0.05) is 19.1 Å². The van der Waals surface area contributed by atoms with Crippen molar-refractivity contribution in [3.8, 4) is 0 Å². The van der Waals surface area contributed by atoms with E-state index >= 15 is 0 Å². The van der Waals surface area contributed by atoms with Crippen molar-refractivity contribution in [1.29, 1.82) is 0 Å². The van der Waals surface area contributed by atoms with E-state index in [-0.39, 0.29) is 37.0 Å². The molecule has 0 atom stereocenters. The maximum Gasteiger partial charge on any atom is 0.329 e. The minimum atomic E-state index is -0.374. The van der Waals surface area contributed by atoms with Gasteiger partial charge in [-0.15, -0.1) is 0 Å². The highest BCUT2D eigenvalue weighted by molar-refractivity contribution is 5.82. The lowest BCUT2D eigenvalue weighted by Gasteiger charge is -2.09. The molecule has 0 spiro atoms. The molecule has 0 saturated carbocycles. The Hall–Kier alpha value is -3.36. The highest BCUT2D eigenvalue weighted by Gasteiger charge is 2.14. The number of nitrogens with one attached hydrogen (secondary N) is 2. The molecule has 3 aromatic rings. The van der Waals surface area contributed by atoms with Crippen LogP contribution in [0.5, 0.6) is 0 Å². The second-order valence-corrected chi connectivity index (χ2v) is 7.01. The van der Waals surface area contributed by atoms with Crippen LogP contribution < -0.4 is 16.5 Å². The lowest BCUT2D eigenvalue weighted by molar-refractivity contribution is -0.129. The monoisotopic (exact) mass is 398 g/mol. The number of hydrogen-bond acceptors (Lipinski definition) is 4. The standard InChI is InChI=1S/C20H26N6O3/c1-4-10-24-16-7-5-6-8-17(16)25(20(24)29)11-9-18(27)21-22-19(28)13-26-15(3)12-14(2)23-26/h5-8,12H,4,9-11,13H2,1-3H3,(H,21,27)(H,22,28). The molecule has 0 aliphatic carbocycles. The van der Waals surface area contributed by atoms with E-state index in [9.17, 15) is 14.4 Å². The molecule has 0 saturated heterocycles. The quantitative estimate of drug-likeness (QED) is 0.585. The minimum absolute atomic E-state index is 0.0178. The molecule has 0 radical (unpaired) electrons. The Morgan fingerprint density at radius 1 is 1.00 bits per heavy atom. The number of nitrogens with zero attached hydrogens (tertiary/aromatic N) is 4. The van der Waals surface area contributed by atoms with E-state index in [4.69, 9.17) is 0 Å². The first-order valence-electron chi connectivity index (χ1n) is 9.67. The summed E-state index contributed by atoms with van der Waals surface area (Å²) in [5.41, 5.74) is 8.01. The van der Waals surface area contributed by atoms with E-state index < -0.39 is 0 Å². The molecule has 0 fully saturated rings. The van der Waals surface area contributed by atoms with Crippen molar-refractivity contribution in [2.24, 2.45) is 0 Å². The van der Waals surface area contributed by atoms with E-state index in [0.29, 0.717) is 6.54 Å². The fourth-order valence-electron chi connectivity index (χ4n) is 3.35. The maximum atomic E-state index is 12.7. The number of hydrogen-bond donors (Lipinski definition) is 2. The van der Waals surface area contributed by atoms with Crippen molar-refractivity contribution in [2.75, 3.05) is 0 Å². The smallest absolute Gasteiger partial charge is 0.292 e. The molecule has 2 amide bonds. The molecule has 9 heteroatoms. The van der Waals surface area contributed by atoms with Gasteiger partial charge >= 0.3 is 5.69 Å². The number of aromatic nitrogens is 4. The molecule has 0 aliphatic rings. The number of para-hydroxylation sites is 2. The zero-order chi connectivity index (χ0) is 21.0. The Balaban J connectivity index is 1.58. The van der Waals surface area contributed by atoms with E-state index in [1.54, 1.807) is 13.8 Å². The van der Waals surface area contributed by atoms with Crippen molar-refractivity contribution < 1.29 is 9.59 Å². The van der Waals surface area contributed by atoms with E-state index in [1.807, 2.05) is 51.1 Å². The molecule has 0 bridgehead atoms. The summed E-state index contributed by atoms with van der Waals surface area (Å²) in [7, 11) is 0. The van der Waals surface area contributed by atoms with Gasteiger partial charge in [0.1, 0.15) is 6.54 Å². The van der Waals surface area contributed by atoms with Gasteiger partial charge in [-0.25, -0.2) is 4.79 Å². The van der Waals surface area contributed by atoms with Gasteiger partial charge in [0.25, 0.3) is 5.91 Å². The largest absolute Gasteiger partial charge is 0.329 e. The summed E-state index contributed by atoms with van der Waals surface area (Å²) in [5.74, 6) is -0.743. The zero-order valence-corrected chi connectivity index (χ0v) is 16.9. The summed E-state index contributed by atoms with van der Waals surface area (Å²) >= 11 is 0. The normalized spacial score (nSPS) is 11.0. The van der Waals surface area contributed by atoms with Crippen molar-refractivity contribution >= 4 is 22.8 Å². The SMILES string of the molecule is CCCn1c(=O)n(CCC(=O)NNC(=O)Cn2nc(C)cc2C)c2ccccc21. The van der Waals surface area contributed by atoms with Crippen molar-refractivity contribution in [3.05, 3.63) is 52.2 Å². The van der Waals surface area contributed by atoms with E-state index in [2.05, 4.69) is 16.0 Å². The van der Waals surface area contributed by atoms with Crippen LogP contribution in [-0.4, -0.2) is 30.7 Å². The van der Waals surface area contributed by atoms with Crippen LogP contribution in [0.3, 0.4) is 0 Å². The summed E-state index contributed by atoms with van der Waals surface area (Å²) in [6.07, 6.45) is 0.913. The summed E-state index contributed by atoms with van der Waals surface area (Å²) in [6.45, 7) is 6.60. The highest BCUT2D eigenvalue weighted by Crippen LogP contribution is 2.13. The number of hydrazine groups is 1. The molecule has 2 N–H and O–H groups in total. The molecule has 3 rings (SSSR count). The third kappa shape index (κ3) is 4.56. The van der Waals surface area contributed by atoms with Crippen molar-refractivity contribution in [2.45, 2.75) is 53.2 Å². The molecule has 1 aromatic carbocycles. The first-order chi connectivity index (χ1) is 13.9. The fraction of sp³-hybridized carbons (Fsp3) is 0.400. The minimum Gasteiger partial charge on any atom is -0.292 e. The average Bonchev–Trinajstić information content (AvgIpc) is 3.14. The maximum absolute atomic E-state index is 12.7. The summed E-state index contributed by atoms with van der Waals surface area (Å²) in [5, 5.41) is 4.21. The van der Waals surface area contributed by atoms with Gasteiger partial charge in [0.15, 0.2) is 0 Å². The third-order valence-corrected chi connectivity index (χ3v) is 4.67. The summed E-state index contributed by atoms with van der Waals surface area (Å²) < 4.78 is 4.89. The average molecular weight is 398 g/mol. The van der Waals surface area contributed by atoms with Crippen LogP contribution in [0.4, 0.5) is 0 Å². The Bertz CT molecular complexity index is 1090. The van der Waals surface area contributed by atoms with Crippen LogP contribution in [0.1, 0.15) is 31.2 Å². The molecule has 29 heavy (non-hydrogen) atoms. The third-order valence-electron chi connectivity index (χ3n) is 4.67. The Labute approximate surface area is 168 Å². The molecule has 9 nitrogen and oxygen atoms in total. The van der Waals surface area contributed by atoms with Gasteiger partial charge in [-0.3, -0.25) is 34.3 Å². The van der Waals surface area contributed by atoms with Crippen LogP contribution in [-0.2, 0) is 29.2 Å². The van der Waals surface area contributed by atoms with Crippen LogP contribution in [0, 0.1) is 13.8 Å². The van der Waals surface area contributed by atoms with Crippen LogP contribution in [0.25, 0.3) is 11.0 Å². The van der Waals surface area contributed by atoms with Crippen molar-refractivity contribution in [1.82, 2.24) is 29.8 Å². The summed E-state index contributed by atoms with van der Waals surface area (Å²) in [4.78, 5) is 36.9. The van der Waals surface area contributed by atoms with Crippen LogP contribution in [0.2, 0.25) is 0 Å². The highest BCUT2D eigenvalue weighted by atomic mass is 16.2. The van der Waals surface area contributed by atoms with Gasteiger partial charge in [0.05, 0.1) is 16.7 Å². The lowest BCUT2D eigenvalue weighted by atomic mass is 10.3. The lowest BCUT2D eigenvalue weighted by Crippen LogP contribution is -2.43. The Kier molecular flexibility index (Phi) is 6.16. The number of rotatable bonds is 7. The van der Waals surface area contributed by atoms with Crippen LogP contribution in [0.15, 0.2) is 35.1 Å². The molecule has 0 unspecified atom stereocenters. The fourth-order valence-corrected chi connectivity index (χ4v) is 3.35. The Morgan fingerprint density at radius 2 is 1.62 bits per heavy atom. The predicted octanol–water partition coefficient (Wildman–Crippen LogP) is 1.26. The van der Waals surface area contributed by atoms with Gasteiger partial charge in [0.2, 0.25) is 5.91 Å². The number of carbonyl (C=O) groups is 2. The molecular weight excluding hydrogens is 372 g/mol. The number of benzene rings is 1. The topological polar surface area (TPSA) is 103 Å². The second-order valence-electron chi connectivity index (χ2n) is 7.01. The van der Waals surface area contributed by atoms with Gasteiger partial charge in [-0.2, -0.15) is 5.10 Å². The van der Waals surface area contributed by atoms with E-state index in [1.165, 1.54) is 0 Å². The first-order valence-corrected chi connectivity index (χ1v) is 9.67. The predicted molar refractivity (Wildman–Crippen MR) is 109 cm³/mol. The molecule has 2 heterocycles. The molecule has 2 aromatic heterocycles. The van der Waals surface area contributed by atoms with Crippen molar-refractivity contribution in [3.63, 3.8) is 0 Å². The number of amides is 2. The summed E-state index contributed by atoms with van der Waals surface area (Å²) in [6, 6.07) is 9.41. The second kappa shape index (κ2) is 8.76. The zero-order valence-electron chi connectivity index (χ0n) is 16.9.